The number of rotatable bonds is 3. The van der Waals surface area contributed by atoms with Crippen LogP contribution in [0.4, 0.5) is 5.69 Å². The van der Waals surface area contributed by atoms with Gasteiger partial charge in [-0.15, -0.1) is 0 Å². The summed E-state index contributed by atoms with van der Waals surface area (Å²) < 4.78 is 4.85. The van der Waals surface area contributed by atoms with E-state index in [0.717, 1.165) is 0 Å². The number of benzene rings is 1. The Bertz CT molecular complexity index is 407. The molecule has 0 aliphatic carbocycles. The van der Waals surface area contributed by atoms with Crippen molar-refractivity contribution in [2.75, 3.05) is 7.11 Å². The third-order valence-electron chi connectivity index (χ3n) is 1.61. The van der Waals surface area contributed by atoms with Gasteiger partial charge in [0.15, 0.2) is 0 Å². The van der Waals surface area contributed by atoms with E-state index in [-0.39, 0.29) is 17.0 Å². The van der Waals surface area contributed by atoms with Crippen LogP contribution in [0, 0.1) is 0 Å². The normalized spacial score (nSPS) is 8.93. The lowest BCUT2D eigenvalue weighted by molar-refractivity contribution is 0.0697. The SMILES string of the molecule is COc1cccc(C(=O)O)c1N=C=O. The van der Waals surface area contributed by atoms with Crippen molar-refractivity contribution in [2.24, 2.45) is 4.99 Å². The molecule has 1 rings (SSSR count). The van der Waals surface area contributed by atoms with Crippen LogP contribution in [0.15, 0.2) is 23.2 Å². The number of carbonyl (C=O) groups excluding carboxylic acids is 1. The highest BCUT2D eigenvalue weighted by atomic mass is 16.5. The third-order valence-corrected chi connectivity index (χ3v) is 1.61. The summed E-state index contributed by atoms with van der Waals surface area (Å²) in [5, 5.41) is 8.77. The van der Waals surface area contributed by atoms with Gasteiger partial charge in [-0.1, -0.05) is 6.07 Å². The van der Waals surface area contributed by atoms with Crippen molar-refractivity contribution in [1.82, 2.24) is 0 Å². The van der Waals surface area contributed by atoms with Crippen molar-refractivity contribution < 1.29 is 19.4 Å². The molecular weight excluding hydrogens is 186 g/mol. The second kappa shape index (κ2) is 4.20. The first-order valence-corrected chi connectivity index (χ1v) is 3.69. The number of aromatic carboxylic acids is 1. The molecule has 1 N–H and O–H groups in total. The molecule has 0 amide bonds. The van der Waals surface area contributed by atoms with E-state index in [0.29, 0.717) is 0 Å². The van der Waals surface area contributed by atoms with Gasteiger partial charge in [-0.05, 0) is 12.1 Å². The highest BCUT2D eigenvalue weighted by Gasteiger charge is 2.13. The van der Waals surface area contributed by atoms with Crippen molar-refractivity contribution in [2.45, 2.75) is 0 Å². The zero-order chi connectivity index (χ0) is 10.6. The maximum Gasteiger partial charge on any atom is 0.338 e. The Morgan fingerprint density at radius 2 is 2.29 bits per heavy atom. The number of hydrogen-bond donors (Lipinski definition) is 1. The minimum Gasteiger partial charge on any atom is -0.494 e. The van der Waals surface area contributed by atoms with Gasteiger partial charge in [0, 0.05) is 0 Å². The molecule has 0 aromatic heterocycles. The second-order valence-electron chi connectivity index (χ2n) is 2.36. The van der Waals surface area contributed by atoms with E-state index >= 15 is 0 Å². The smallest absolute Gasteiger partial charge is 0.338 e. The first kappa shape index (κ1) is 9.95. The van der Waals surface area contributed by atoms with Crippen LogP contribution >= 0.6 is 0 Å². The molecule has 5 heteroatoms. The van der Waals surface area contributed by atoms with Gasteiger partial charge in [-0.25, -0.2) is 9.59 Å². The van der Waals surface area contributed by atoms with Crippen molar-refractivity contribution in [3.63, 3.8) is 0 Å². The number of ether oxygens (including phenoxy) is 1. The molecule has 0 aliphatic heterocycles. The van der Waals surface area contributed by atoms with Crippen LogP contribution in [0.25, 0.3) is 0 Å². The van der Waals surface area contributed by atoms with Crippen molar-refractivity contribution >= 4 is 17.7 Å². The highest BCUT2D eigenvalue weighted by Crippen LogP contribution is 2.30. The number of isocyanates is 1. The summed E-state index contributed by atoms with van der Waals surface area (Å²) in [6.07, 6.45) is 1.29. The summed E-state index contributed by atoms with van der Waals surface area (Å²) in [6.45, 7) is 0. The van der Waals surface area contributed by atoms with Crippen molar-refractivity contribution in [3.8, 4) is 5.75 Å². The fraction of sp³-hybridized carbons (Fsp3) is 0.111. The summed E-state index contributed by atoms with van der Waals surface area (Å²) in [5.41, 5.74) is -0.106. The Hall–Kier alpha value is -2.13. The number of carboxylic acids is 1. The molecule has 0 saturated carbocycles. The Morgan fingerprint density at radius 1 is 1.57 bits per heavy atom. The molecule has 0 atom stereocenters. The van der Waals surface area contributed by atoms with Crippen LogP contribution < -0.4 is 4.74 Å². The lowest BCUT2D eigenvalue weighted by atomic mass is 10.1. The van der Waals surface area contributed by atoms with Gasteiger partial charge in [0.1, 0.15) is 11.4 Å². The van der Waals surface area contributed by atoms with E-state index in [9.17, 15) is 9.59 Å². The number of carbonyl (C=O) groups is 1. The average molecular weight is 193 g/mol. The Labute approximate surface area is 79.7 Å². The molecule has 0 spiro atoms. The number of carboxylic acid groups (broad SMARTS) is 1. The van der Waals surface area contributed by atoms with Gasteiger partial charge < -0.3 is 9.84 Å². The fourth-order valence-electron chi connectivity index (χ4n) is 1.02. The second-order valence-corrected chi connectivity index (χ2v) is 2.36. The van der Waals surface area contributed by atoms with Crippen LogP contribution in [0.1, 0.15) is 10.4 Å². The van der Waals surface area contributed by atoms with Gasteiger partial charge in [0.2, 0.25) is 6.08 Å². The number of aliphatic imine (C=N–C) groups is 1. The summed E-state index contributed by atoms with van der Waals surface area (Å²) in [5.74, 6) is -0.939. The van der Waals surface area contributed by atoms with Crippen molar-refractivity contribution in [3.05, 3.63) is 23.8 Å². The van der Waals surface area contributed by atoms with Gasteiger partial charge in [-0.3, -0.25) is 0 Å². The molecule has 5 nitrogen and oxygen atoms in total. The molecular formula is C9H7NO4. The topological polar surface area (TPSA) is 76.0 Å². The number of para-hydroxylation sites is 1. The summed E-state index contributed by atoms with van der Waals surface area (Å²) in [6, 6.07) is 4.36. The predicted octanol–water partition coefficient (Wildman–Crippen LogP) is 1.36. The maximum absolute atomic E-state index is 10.7. The fourth-order valence-corrected chi connectivity index (χ4v) is 1.02. The van der Waals surface area contributed by atoms with Gasteiger partial charge in [0.25, 0.3) is 0 Å². The molecule has 0 fully saturated rings. The highest BCUT2D eigenvalue weighted by molar-refractivity contribution is 5.95. The Morgan fingerprint density at radius 3 is 2.79 bits per heavy atom. The zero-order valence-corrected chi connectivity index (χ0v) is 7.35. The lowest BCUT2D eigenvalue weighted by Crippen LogP contribution is -1.97. The molecule has 0 unspecified atom stereocenters. The molecule has 1 aromatic rings. The molecule has 72 valence electrons. The lowest BCUT2D eigenvalue weighted by Gasteiger charge is -2.04. The minimum atomic E-state index is -1.17. The first-order valence-electron chi connectivity index (χ1n) is 3.69. The third kappa shape index (κ3) is 1.78. The summed E-state index contributed by atoms with van der Waals surface area (Å²) in [7, 11) is 1.37. The average Bonchev–Trinajstić information content (AvgIpc) is 2.18. The minimum absolute atomic E-state index is 0.0162. The Balaban J connectivity index is 3.42. The van der Waals surface area contributed by atoms with Gasteiger partial charge in [-0.2, -0.15) is 4.99 Å². The predicted molar refractivity (Wildman–Crippen MR) is 47.7 cm³/mol. The maximum atomic E-state index is 10.7. The Kier molecular flexibility index (Phi) is 2.99. The van der Waals surface area contributed by atoms with E-state index in [2.05, 4.69) is 4.99 Å². The first-order chi connectivity index (χ1) is 6.70. The van der Waals surface area contributed by atoms with Crippen LogP contribution in [-0.2, 0) is 4.79 Å². The van der Waals surface area contributed by atoms with Crippen molar-refractivity contribution in [1.29, 1.82) is 0 Å². The molecule has 1 aromatic carbocycles. The summed E-state index contributed by atoms with van der Waals surface area (Å²) in [4.78, 5) is 24.1. The van der Waals surface area contributed by atoms with Crippen LogP contribution in [0.2, 0.25) is 0 Å². The molecule has 0 aliphatic rings. The number of hydrogen-bond acceptors (Lipinski definition) is 4. The van der Waals surface area contributed by atoms with E-state index in [1.54, 1.807) is 0 Å². The molecule has 14 heavy (non-hydrogen) atoms. The van der Waals surface area contributed by atoms with Crippen LogP contribution in [0.3, 0.4) is 0 Å². The van der Waals surface area contributed by atoms with Gasteiger partial charge in [0.05, 0.1) is 12.7 Å². The number of nitrogens with zero attached hydrogens (tertiary/aromatic N) is 1. The molecule has 0 bridgehead atoms. The largest absolute Gasteiger partial charge is 0.494 e. The van der Waals surface area contributed by atoms with E-state index in [1.165, 1.54) is 31.4 Å². The van der Waals surface area contributed by atoms with E-state index < -0.39 is 5.97 Å². The standard InChI is InChI=1S/C9H7NO4/c1-14-7-4-2-3-6(9(12)13)8(7)10-5-11/h2-4H,1H3,(H,12,13). The van der Waals surface area contributed by atoms with Gasteiger partial charge >= 0.3 is 5.97 Å². The van der Waals surface area contributed by atoms with Crippen LogP contribution in [0.5, 0.6) is 5.75 Å². The van der Waals surface area contributed by atoms with E-state index in [4.69, 9.17) is 9.84 Å². The monoisotopic (exact) mass is 193 g/mol. The molecule has 0 heterocycles. The number of methoxy groups -OCH3 is 1. The van der Waals surface area contributed by atoms with Crippen LogP contribution in [-0.4, -0.2) is 24.3 Å². The molecule has 0 radical (unpaired) electrons. The van der Waals surface area contributed by atoms with E-state index in [1.807, 2.05) is 0 Å². The zero-order valence-electron chi connectivity index (χ0n) is 7.35. The summed E-state index contributed by atoms with van der Waals surface area (Å²) >= 11 is 0. The quantitative estimate of drug-likeness (QED) is 0.580. The molecule has 0 saturated heterocycles.